The molecule has 1 unspecified atom stereocenters. The van der Waals surface area contributed by atoms with Gasteiger partial charge < -0.3 is 15.8 Å². The van der Waals surface area contributed by atoms with Gasteiger partial charge >= 0.3 is 5.97 Å². The van der Waals surface area contributed by atoms with Crippen LogP contribution in [0, 0.1) is 18.3 Å². The largest absolute Gasteiger partial charge is 0.464 e. The van der Waals surface area contributed by atoms with Crippen molar-refractivity contribution in [1.29, 1.82) is 5.26 Å². The van der Waals surface area contributed by atoms with Crippen molar-refractivity contribution >= 4 is 17.6 Å². The van der Waals surface area contributed by atoms with E-state index in [0.717, 1.165) is 5.56 Å². The van der Waals surface area contributed by atoms with E-state index in [0.29, 0.717) is 11.3 Å². The number of esters is 1. The number of ether oxygens (including phenoxy) is 1. The van der Waals surface area contributed by atoms with Crippen LogP contribution >= 0.6 is 0 Å². The molecule has 0 spiro atoms. The molecular weight excluding hydrogens is 246 g/mol. The minimum absolute atomic E-state index is 0.156. The van der Waals surface area contributed by atoms with E-state index in [1.54, 1.807) is 26.0 Å². The topological polar surface area (TPSA) is 105 Å². The highest BCUT2D eigenvalue weighted by molar-refractivity contribution is 6.08. The summed E-state index contributed by atoms with van der Waals surface area (Å²) < 4.78 is 4.66. The summed E-state index contributed by atoms with van der Waals surface area (Å²) in [6.45, 7) is 3.55. The second kappa shape index (κ2) is 6.52. The third-order valence-corrected chi connectivity index (χ3v) is 2.45. The average Bonchev–Trinajstić information content (AvgIpc) is 2.40. The quantitative estimate of drug-likeness (QED) is 0.613. The summed E-state index contributed by atoms with van der Waals surface area (Å²) in [6, 6.07) is 5.43. The summed E-state index contributed by atoms with van der Waals surface area (Å²) in [5, 5.41) is 11.3. The van der Waals surface area contributed by atoms with Gasteiger partial charge in [0.1, 0.15) is 0 Å². The molecule has 1 amide bonds. The van der Waals surface area contributed by atoms with Gasteiger partial charge in [0.05, 0.1) is 18.2 Å². The zero-order valence-corrected chi connectivity index (χ0v) is 10.8. The van der Waals surface area contributed by atoms with Crippen molar-refractivity contribution in [2.24, 2.45) is 5.73 Å². The van der Waals surface area contributed by atoms with Crippen molar-refractivity contribution < 1.29 is 14.3 Å². The molecule has 0 bridgehead atoms. The molecule has 1 aromatic carbocycles. The van der Waals surface area contributed by atoms with Gasteiger partial charge in [-0.2, -0.15) is 5.26 Å². The molecule has 6 nitrogen and oxygen atoms in total. The molecule has 0 aliphatic rings. The number of nitrogens with two attached hydrogens (primary N) is 1. The van der Waals surface area contributed by atoms with E-state index in [1.165, 1.54) is 6.07 Å². The van der Waals surface area contributed by atoms with Crippen LogP contribution in [0.1, 0.15) is 18.1 Å². The Hall–Kier alpha value is -2.39. The molecule has 1 atom stereocenters. The van der Waals surface area contributed by atoms with E-state index >= 15 is 0 Å². The zero-order valence-electron chi connectivity index (χ0n) is 10.8. The predicted octanol–water partition coefficient (Wildman–Crippen LogP) is 0.696. The van der Waals surface area contributed by atoms with E-state index in [-0.39, 0.29) is 6.61 Å². The molecule has 6 heteroatoms. The van der Waals surface area contributed by atoms with Crippen molar-refractivity contribution in [3.8, 4) is 6.07 Å². The standard InChI is InChI=1S/C13H15N3O3/c1-3-19-13(18)11(15)12(17)16-10-6-9(7-14)5-4-8(10)2/h4-6,11H,3,15H2,1-2H3,(H,16,17). The van der Waals surface area contributed by atoms with Gasteiger partial charge in [-0.05, 0) is 31.5 Å². The fourth-order valence-electron chi connectivity index (χ4n) is 1.38. The lowest BCUT2D eigenvalue weighted by molar-refractivity contribution is -0.146. The van der Waals surface area contributed by atoms with Crippen LogP contribution in [-0.2, 0) is 14.3 Å². The summed E-state index contributed by atoms with van der Waals surface area (Å²) in [5.41, 5.74) is 7.09. The van der Waals surface area contributed by atoms with Crippen LogP contribution < -0.4 is 11.1 Å². The molecule has 0 fully saturated rings. The second-order valence-electron chi connectivity index (χ2n) is 3.86. The first-order chi connectivity index (χ1) is 8.99. The number of nitrogens with one attached hydrogen (secondary N) is 1. The Labute approximate surface area is 111 Å². The number of hydrogen-bond acceptors (Lipinski definition) is 5. The number of amides is 1. The number of anilines is 1. The van der Waals surface area contributed by atoms with Gasteiger partial charge in [-0.3, -0.25) is 4.79 Å². The Morgan fingerprint density at radius 3 is 2.79 bits per heavy atom. The van der Waals surface area contributed by atoms with Gasteiger partial charge in [0, 0.05) is 5.69 Å². The number of nitriles is 1. The summed E-state index contributed by atoms with van der Waals surface area (Å²) >= 11 is 0. The van der Waals surface area contributed by atoms with E-state index in [2.05, 4.69) is 10.1 Å². The minimum atomic E-state index is -1.38. The van der Waals surface area contributed by atoms with Crippen molar-refractivity contribution in [2.75, 3.05) is 11.9 Å². The molecule has 0 heterocycles. The van der Waals surface area contributed by atoms with Crippen LogP contribution in [0.15, 0.2) is 18.2 Å². The maximum absolute atomic E-state index is 11.8. The third-order valence-electron chi connectivity index (χ3n) is 2.45. The number of carbonyl (C=O) groups excluding carboxylic acids is 2. The number of rotatable bonds is 4. The molecule has 0 radical (unpaired) electrons. The zero-order chi connectivity index (χ0) is 14.4. The van der Waals surface area contributed by atoms with Crippen LogP contribution in [0.2, 0.25) is 0 Å². The Morgan fingerprint density at radius 2 is 2.21 bits per heavy atom. The van der Waals surface area contributed by atoms with Crippen molar-refractivity contribution in [3.63, 3.8) is 0 Å². The first-order valence-electron chi connectivity index (χ1n) is 5.73. The molecule has 1 rings (SSSR count). The van der Waals surface area contributed by atoms with Gasteiger partial charge in [-0.25, -0.2) is 4.79 Å². The van der Waals surface area contributed by atoms with Gasteiger partial charge in [-0.15, -0.1) is 0 Å². The van der Waals surface area contributed by atoms with Crippen molar-refractivity contribution in [2.45, 2.75) is 19.9 Å². The fraction of sp³-hybridized carbons (Fsp3) is 0.308. The molecule has 3 N–H and O–H groups in total. The lowest BCUT2D eigenvalue weighted by Crippen LogP contribution is -2.43. The number of nitrogens with zero attached hydrogens (tertiary/aromatic N) is 1. The Morgan fingerprint density at radius 1 is 1.53 bits per heavy atom. The van der Waals surface area contributed by atoms with Gasteiger partial charge in [0.15, 0.2) is 6.04 Å². The van der Waals surface area contributed by atoms with Crippen LogP contribution in [0.3, 0.4) is 0 Å². The maximum atomic E-state index is 11.8. The van der Waals surface area contributed by atoms with E-state index in [1.807, 2.05) is 6.07 Å². The van der Waals surface area contributed by atoms with Crippen LogP contribution in [0.5, 0.6) is 0 Å². The molecule has 0 aliphatic heterocycles. The number of benzene rings is 1. The average molecular weight is 261 g/mol. The van der Waals surface area contributed by atoms with Crippen molar-refractivity contribution in [1.82, 2.24) is 0 Å². The third kappa shape index (κ3) is 3.79. The van der Waals surface area contributed by atoms with E-state index in [4.69, 9.17) is 11.0 Å². The highest BCUT2D eigenvalue weighted by Gasteiger charge is 2.23. The SMILES string of the molecule is CCOC(=O)C(N)C(=O)Nc1cc(C#N)ccc1C. The molecule has 0 saturated heterocycles. The fourth-order valence-corrected chi connectivity index (χ4v) is 1.38. The van der Waals surface area contributed by atoms with Crippen LogP contribution in [0.4, 0.5) is 5.69 Å². The summed E-state index contributed by atoms with van der Waals surface area (Å²) in [4.78, 5) is 23.1. The van der Waals surface area contributed by atoms with Crippen LogP contribution in [-0.4, -0.2) is 24.5 Å². The molecule has 100 valence electrons. The molecule has 1 aromatic rings. The predicted molar refractivity (Wildman–Crippen MR) is 69.1 cm³/mol. The molecule has 19 heavy (non-hydrogen) atoms. The lowest BCUT2D eigenvalue weighted by atomic mass is 10.1. The van der Waals surface area contributed by atoms with Crippen LogP contribution in [0.25, 0.3) is 0 Å². The monoisotopic (exact) mass is 261 g/mol. The Bertz CT molecular complexity index is 534. The molecule has 0 aromatic heterocycles. The molecular formula is C13H15N3O3. The first kappa shape index (κ1) is 14.7. The summed E-state index contributed by atoms with van der Waals surface area (Å²) in [7, 11) is 0. The van der Waals surface area contributed by atoms with E-state index in [9.17, 15) is 9.59 Å². The first-order valence-corrected chi connectivity index (χ1v) is 5.73. The number of hydrogen-bond donors (Lipinski definition) is 2. The second-order valence-corrected chi connectivity index (χ2v) is 3.86. The molecule has 0 saturated carbocycles. The number of aryl methyl sites for hydroxylation is 1. The summed E-state index contributed by atoms with van der Waals surface area (Å²) in [5.74, 6) is -1.45. The van der Waals surface area contributed by atoms with E-state index < -0.39 is 17.9 Å². The number of carbonyl (C=O) groups is 2. The minimum Gasteiger partial charge on any atom is -0.464 e. The van der Waals surface area contributed by atoms with Crippen molar-refractivity contribution in [3.05, 3.63) is 29.3 Å². The highest BCUT2D eigenvalue weighted by Crippen LogP contribution is 2.16. The Balaban J connectivity index is 2.82. The van der Waals surface area contributed by atoms with Gasteiger partial charge in [0.25, 0.3) is 5.91 Å². The maximum Gasteiger partial charge on any atom is 0.332 e. The van der Waals surface area contributed by atoms with Gasteiger partial charge in [-0.1, -0.05) is 6.07 Å². The Kier molecular flexibility index (Phi) is 5.03. The van der Waals surface area contributed by atoms with Gasteiger partial charge in [0.2, 0.25) is 0 Å². The lowest BCUT2D eigenvalue weighted by Gasteiger charge is -2.12. The highest BCUT2D eigenvalue weighted by atomic mass is 16.5. The summed E-state index contributed by atoms with van der Waals surface area (Å²) in [6.07, 6.45) is 0. The molecule has 0 aliphatic carbocycles. The smallest absolute Gasteiger partial charge is 0.332 e. The normalized spacial score (nSPS) is 11.3.